The quantitative estimate of drug-likeness (QED) is 0.726. The van der Waals surface area contributed by atoms with Crippen LogP contribution < -0.4 is 26.4 Å². The van der Waals surface area contributed by atoms with E-state index in [9.17, 15) is 9.59 Å². The number of rotatable bonds is 5. The Morgan fingerprint density at radius 3 is 2.28 bits per heavy atom. The van der Waals surface area contributed by atoms with Crippen LogP contribution in [0, 0.1) is 13.8 Å². The van der Waals surface area contributed by atoms with Crippen molar-refractivity contribution in [3.8, 4) is 5.75 Å². The predicted molar refractivity (Wildman–Crippen MR) is 97.7 cm³/mol. The van der Waals surface area contributed by atoms with Crippen molar-refractivity contribution < 1.29 is 14.3 Å². The number of amides is 4. The fraction of sp³-hybridized carbons (Fsp3) is 0.222. The average molecular weight is 342 g/mol. The van der Waals surface area contributed by atoms with Gasteiger partial charge in [-0.3, -0.25) is 4.90 Å². The summed E-state index contributed by atoms with van der Waals surface area (Å²) in [5, 5.41) is 2.54. The summed E-state index contributed by atoms with van der Waals surface area (Å²) in [6, 6.07) is 11.3. The van der Waals surface area contributed by atoms with E-state index in [1.807, 2.05) is 25.1 Å². The Morgan fingerprint density at radius 2 is 1.72 bits per heavy atom. The second-order valence-corrected chi connectivity index (χ2v) is 5.63. The summed E-state index contributed by atoms with van der Waals surface area (Å²) in [4.78, 5) is 24.7. The highest BCUT2D eigenvalue weighted by atomic mass is 16.5. The topological polar surface area (TPSA) is 111 Å². The molecule has 0 aromatic heterocycles. The largest absolute Gasteiger partial charge is 0.470 e. The number of hydrogen-bond donors (Lipinski definition) is 3. The number of benzene rings is 2. The molecule has 1 unspecified atom stereocenters. The minimum atomic E-state index is -0.683. The van der Waals surface area contributed by atoms with Gasteiger partial charge in [-0.15, -0.1) is 0 Å². The van der Waals surface area contributed by atoms with E-state index in [1.165, 1.54) is 4.90 Å². The Hall–Kier alpha value is -3.22. The minimum Gasteiger partial charge on any atom is -0.470 e. The monoisotopic (exact) mass is 342 g/mol. The number of anilines is 2. The molecule has 0 bridgehead atoms. The standard InChI is InChI=1S/C18H22N4O3/c1-11-9-10-15(21-17(19)23)12(2)16(11)22(18(20)24)13(3)25-14-7-5-4-6-8-14/h4-10,13H,1-3H3,(H2,20,24)(H3,19,21,23). The summed E-state index contributed by atoms with van der Waals surface area (Å²) in [5.41, 5.74) is 13.4. The number of nitrogens with one attached hydrogen (secondary N) is 1. The van der Waals surface area contributed by atoms with Crippen LogP contribution in [-0.2, 0) is 0 Å². The molecule has 0 fully saturated rings. The Labute approximate surface area is 146 Å². The molecule has 2 aromatic rings. The van der Waals surface area contributed by atoms with Gasteiger partial charge in [0.1, 0.15) is 5.75 Å². The number of primary amides is 2. The normalized spacial score (nSPS) is 11.5. The molecule has 2 aromatic carbocycles. The first-order valence-corrected chi connectivity index (χ1v) is 7.78. The molecular weight excluding hydrogens is 320 g/mol. The van der Waals surface area contributed by atoms with Crippen LogP contribution in [0.5, 0.6) is 5.75 Å². The summed E-state index contributed by atoms with van der Waals surface area (Å²) in [7, 11) is 0. The molecule has 0 radical (unpaired) electrons. The van der Waals surface area contributed by atoms with E-state index in [4.69, 9.17) is 16.2 Å². The number of carbonyl (C=O) groups is 2. The van der Waals surface area contributed by atoms with Crippen LogP contribution in [0.1, 0.15) is 18.1 Å². The highest BCUT2D eigenvalue weighted by molar-refractivity contribution is 5.96. The average Bonchev–Trinajstić information content (AvgIpc) is 2.54. The van der Waals surface area contributed by atoms with Crippen LogP contribution in [0.3, 0.4) is 0 Å². The van der Waals surface area contributed by atoms with Crippen LogP contribution in [0.25, 0.3) is 0 Å². The second-order valence-electron chi connectivity index (χ2n) is 5.63. The van der Waals surface area contributed by atoms with Gasteiger partial charge >= 0.3 is 12.1 Å². The number of nitrogens with two attached hydrogens (primary N) is 2. The molecular formula is C18H22N4O3. The van der Waals surface area contributed by atoms with Crippen LogP contribution in [0.2, 0.25) is 0 Å². The molecule has 132 valence electrons. The van der Waals surface area contributed by atoms with E-state index in [0.29, 0.717) is 22.7 Å². The summed E-state index contributed by atoms with van der Waals surface area (Å²) in [5.74, 6) is 0.614. The Kier molecular flexibility index (Phi) is 5.49. The van der Waals surface area contributed by atoms with E-state index in [0.717, 1.165) is 5.56 Å². The van der Waals surface area contributed by atoms with E-state index in [2.05, 4.69) is 5.32 Å². The number of carbonyl (C=O) groups excluding carboxylic acids is 2. The summed E-state index contributed by atoms with van der Waals surface area (Å²) >= 11 is 0. The number of nitrogens with zero attached hydrogens (tertiary/aromatic N) is 1. The van der Waals surface area contributed by atoms with Crippen molar-refractivity contribution in [3.63, 3.8) is 0 Å². The van der Waals surface area contributed by atoms with Crippen LogP contribution in [0.15, 0.2) is 42.5 Å². The maximum Gasteiger partial charge on any atom is 0.322 e. The molecule has 4 amide bonds. The van der Waals surface area contributed by atoms with Gasteiger partial charge in [-0.1, -0.05) is 24.3 Å². The third kappa shape index (κ3) is 4.20. The van der Waals surface area contributed by atoms with Crippen LogP contribution in [0.4, 0.5) is 21.0 Å². The van der Waals surface area contributed by atoms with E-state index < -0.39 is 18.3 Å². The molecule has 1 atom stereocenters. The lowest BCUT2D eigenvalue weighted by Gasteiger charge is -2.31. The Bertz CT molecular complexity index is 777. The molecule has 7 heteroatoms. The van der Waals surface area contributed by atoms with E-state index >= 15 is 0 Å². The van der Waals surface area contributed by atoms with Crippen LogP contribution >= 0.6 is 0 Å². The molecule has 25 heavy (non-hydrogen) atoms. The molecule has 0 spiro atoms. The summed E-state index contributed by atoms with van der Waals surface area (Å²) in [6.45, 7) is 5.35. The maximum absolute atomic E-state index is 12.1. The van der Waals surface area contributed by atoms with Gasteiger partial charge in [-0.05, 0) is 50.1 Å². The third-order valence-corrected chi connectivity index (χ3v) is 3.78. The van der Waals surface area contributed by atoms with Crippen molar-refractivity contribution in [3.05, 3.63) is 53.6 Å². The molecule has 0 aliphatic carbocycles. The number of para-hydroxylation sites is 1. The predicted octanol–water partition coefficient (Wildman–Crippen LogP) is 3.10. The smallest absolute Gasteiger partial charge is 0.322 e. The van der Waals surface area contributed by atoms with E-state index in [-0.39, 0.29) is 0 Å². The van der Waals surface area contributed by atoms with Gasteiger partial charge in [0.05, 0.1) is 5.69 Å². The van der Waals surface area contributed by atoms with Gasteiger partial charge < -0.3 is 21.5 Å². The van der Waals surface area contributed by atoms with Crippen molar-refractivity contribution in [2.75, 3.05) is 10.2 Å². The van der Waals surface area contributed by atoms with Crippen molar-refractivity contribution in [2.45, 2.75) is 27.0 Å². The molecule has 0 aliphatic rings. The molecule has 2 rings (SSSR count). The first-order valence-electron chi connectivity index (χ1n) is 7.78. The molecule has 0 aliphatic heterocycles. The summed E-state index contributed by atoms with van der Waals surface area (Å²) < 4.78 is 5.84. The lowest BCUT2D eigenvalue weighted by atomic mass is 10.1. The van der Waals surface area contributed by atoms with E-state index in [1.54, 1.807) is 38.1 Å². The van der Waals surface area contributed by atoms with Gasteiger partial charge in [0, 0.05) is 5.69 Å². The Morgan fingerprint density at radius 1 is 1.08 bits per heavy atom. The molecule has 0 saturated carbocycles. The second kappa shape index (κ2) is 7.57. The number of ether oxygens (including phenoxy) is 1. The van der Waals surface area contributed by atoms with Gasteiger partial charge in [-0.25, -0.2) is 9.59 Å². The maximum atomic E-state index is 12.1. The zero-order chi connectivity index (χ0) is 18.6. The van der Waals surface area contributed by atoms with Gasteiger partial charge in [0.15, 0.2) is 6.23 Å². The fourth-order valence-electron chi connectivity index (χ4n) is 2.69. The number of aryl methyl sites for hydroxylation is 1. The third-order valence-electron chi connectivity index (χ3n) is 3.78. The first kappa shape index (κ1) is 18.1. The zero-order valence-electron chi connectivity index (χ0n) is 14.4. The molecule has 5 N–H and O–H groups in total. The van der Waals surface area contributed by atoms with Crippen molar-refractivity contribution in [1.29, 1.82) is 0 Å². The lowest BCUT2D eigenvalue weighted by Crippen LogP contribution is -2.46. The highest BCUT2D eigenvalue weighted by Crippen LogP contribution is 2.32. The van der Waals surface area contributed by atoms with Gasteiger partial charge in [0.2, 0.25) is 0 Å². The van der Waals surface area contributed by atoms with Crippen LogP contribution in [-0.4, -0.2) is 18.3 Å². The van der Waals surface area contributed by atoms with Crippen molar-refractivity contribution >= 4 is 23.4 Å². The fourth-order valence-corrected chi connectivity index (χ4v) is 2.69. The van der Waals surface area contributed by atoms with Crippen molar-refractivity contribution in [1.82, 2.24) is 0 Å². The Balaban J connectivity index is 2.43. The minimum absolute atomic E-state index is 0.506. The lowest BCUT2D eigenvalue weighted by molar-refractivity contribution is 0.205. The van der Waals surface area contributed by atoms with Gasteiger partial charge in [-0.2, -0.15) is 0 Å². The SMILES string of the molecule is Cc1ccc(NC(N)=O)c(C)c1N(C(N)=O)C(C)Oc1ccccc1. The number of urea groups is 2. The highest BCUT2D eigenvalue weighted by Gasteiger charge is 2.25. The first-order chi connectivity index (χ1) is 11.8. The molecule has 0 saturated heterocycles. The molecule has 7 nitrogen and oxygen atoms in total. The van der Waals surface area contributed by atoms with Crippen molar-refractivity contribution in [2.24, 2.45) is 11.5 Å². The number of hydrogen-bond acceptors (Lipinski definition) is 3. The zero-order valence-corrected chi connectivity index (χ0v) is 14.4. The van der Waals surface area contributed by atoms with Gasteiger partial charge in [0.25, 0.3) is 0 Å². The molecule has 0 heterocycles. The summed E-state index contributed by atoms with van der Waals surface area (Å²) in [6.07, 6.45) is -0.652.